The fourth-order valence-electron chi connectivity index (χ4n) is 4.65. The summed E-state index contributed by atoms with van der Waals surface area (Å²) in [5.41, 5.74) is 5.23. The van der Waals surface area contributed by atoms with Crippen molar-refractivity contribution >= 4 is 0 Å². The molecule has 28 heavy (non-hydrogen) atoms. The van der Waals surface area contributed by atoms with Crippen LogP contribution in [0.2, 0.25) is 0 Å². The highest BCUT2D eigenvalue weighted by atomic mass is 16.5. The molecule has 1 fully saturated rings. The van der Waals surface area contributed by atoms with Crippen molar-refractivity contribution in [3.8, 4) is 17.1 Å². The van der Waals surface area contributed by atoms with E-state index in [0.29, 0.717) is 12.5 Å². The minimum Gasteiger partial charge on any atom is -0.496 e. The second-order valence-corrected chi connectivity index (χ2v) is 7.76. The topological polar surface area (TPSA) is 49.2 Å². The van der Waals surface area contributed by atoms with Crippen LogP contribution in [0.15, 0.2) is 49.1 Å². The molecule has 2 aromatic heterocycles. The third kappa shape index (κ3) is 3.10. The van der Waals surface area contributed by atoms with Gasteiger partial charge in [-0.15, -0.1) is 0 Å². The molecule has 1 saturated heterocycles. The monoisotopic (exact) mass is 375 g/mol. The normalized spacial score (nSPS) is 21.0. The summed E-state index contributed by atoms with van der Waals surface area (Å²) in [5.74, 6) is 2.30. The Bertz CT molecular complexity index is 967. The third-order valence-corrected chi connectivity index (χ3v) is 6.09. The highest BCUT2D eigenvalue weighted by Gasteiger charge is 2.32. The molecule has 3 heterocycles. The second kappa shape index (κ2) is 7.40. The fourth-order valence-corrected chi connectivity index (χ4v) is 4.65. The van der Waals surface area contributed by atoms with Crippen LogP contribution in [-0.2, 0) is 24.0 Å². The lowest BCUT2D eigenvalue weighted by Crippen LogP contribution is -2.20. The molecule has 2 aliphatic rings. The number of rotatable bonds is 5. The van der Waals surface area contributed by atoms with Gasteiger partial charge in [0.2, 0.25) is 0 Å². The molecule has 0 amide bonds. The van der Waals surface area contributed by atoms with E-state index in [0.717, 1.165) is 43.0 Å². The highest BCUT2D eigenvalue weighted by molar-refractivity contribution is 5.67. The van der Waals surface area contributed by atoms with Gasteiger partial charge in [0.15, 0.2) is 0 Å². The van der Waals surface area contributed by atoms with Crippen molar-refractivity contribution in [3.05, 3.63) is 65.7 Å². The zero-order valence-corrected chi connectivity index (χ0v) is 16.2. The number of aromatic nitrogens is 3. The van der Waals surface area contributed by atoms with Gasteiger partial charge in [-0.1, -0.05) is 0 Å². The van der Waals surface area contributed by atoms with Gasteiger partial charge < -0.3 is 14.0 Å². The number of methoxy groups -OCH3 is 1. The maximum Gasteiger partial charge on any atom is 0.144 e. The van der Waals surface area contributed by atoms with E-state index in [9.17, 15) is 0 Å². The van der Waals surface area contributed by atoms with Gasteiger partial charge in [-0.05, 0) is 66.6 Å². The maximum atomic E-state index is 5.89. The van der Waals surface area contributed by atoms with E-state index in [2.05, 4.69) is 40.0 Å². The van der Waals surface area contributed by atoms with Gasteiger partial charge in [0.25, 0.3) is 0 Å². The van der Waals surface area contributed by atoms with Crippen LogP contribution >= 0.6 is 0 Å². The lowest BCUT2D eigenvalue weighted by molar-refractivity contribution is 0.181. The first kappa shape index (κ1) is 17.4. The Labute approximate surface area is 165 Å². The molecule has 0 radical (unpaired) electrons. The number of hydrogen-bond acceptors (Lipinski definition) is 4. The first-order valence-electron chi connectivity index (χ1n) is 10.0. The number of benzene rings is 1. The average molecular weight is 375 g/mol. The summed E-state index contributed by atoms with van der Waals surface area (Å²) in [6, 6.07) is 8.94. The molecule has 5 rings (SSSR count). The van der Waals surface area contributed by atoms with Crippen molar-refractivity contribution in [2.75, 3.05) is 20.3 Å². The Morgan fingerprint density at radius 1 is 1.11 bits per heavy atom. The van der Waals surface area contributed by atoms with E-state index in [1.807, 2.05) is 18.6 Å². The van der Waals surface area contributed by atoms with Crippen LogP contribution in [0.1, 0.15) is 29.2 Å². The van der Waals surface area contributed by atoms with Crippen LogP contribution in [-0.4, -0.2) is 34.9 Å². The van der Waals surface area contributed by atoms with Crippen LogP contribution in [0.5, 0.6) is 5.75 Å². The van der Waals surface area contributed by atoms with Gasteiger partial charge in [-0.25, -0.2) is 4.98 Å². The number of ether oxygens (including phenoxy) is 2. The largest absolute Gasteiger partial charge is 0.496 e. The maximum absolute atomic E-state index is 5.89. The van der Waals surface area contributed by atoms with Crippen molar-refractivity contribution in [2.24, 2.45) is 5.92 Å². The molecule has 5 heteroatoms. The standard InChI is InChI=1S/C23H25N3O2/c1-27-22-13-18-4-2-3-17(18)12-20(22)23-25-9-10-26(23)21-15-28-14-19(21)11-16-5-7-24-8-6-16/h5-10,12-13,19,21H,2-4,11,14-15H2,1H3/t19-,21+/m0/s1. The number of hydrogen-bond donors (Lipinski definition) is 0. The number of fused-ring (bicyclic) bond motifs is 1. The van der Waals surface area contributed by atoms with Crippen molar-refractivity contribution in [3.63, 3.8) is 0 Å². The first-order valence-corrected chi connectivity index (χ1v) is 10.0. The number of imidazole rings is 1. The smallest absolute Gasteiger partial charge is 0.144 e. The molecular weight excluding hydrogens is 350 g/mol. The minimum atomic E-state index is 0.267. The predicted molar refractivity (Wildman–Crippen MR) is 108 cm³/mol. The van der Waals surface area contributed by atoms with Gasteiger partial charge in [0, 0.05) is 30.7 Å². The summed E-state index contributed by atoms with van der Waals surface area (Å²) in [4.78, 5) is 8.85. The highest BCUT2D eigenvalue weighted by Crippen LogP contribution is 2.38. The van der Waals surface area contributed by atoms with E-state index in [1.165, 1.54) is 23.1 Å². The Hall–Kier alpha value is -2.66. The summed E-state index contributed by atoms with van der Waals surface area (Å²) >= 11 is 0. The molecule has 1 aliphatic heterocycles. The quantitative estimate of drug-likeness (QED) is 0.679. The van der Waals surface area contributed by atoms with Crippen LogP contribution in [0.3, 0.4) is 0 Å². The number of aryl methyl sites for hydroxylation is 2. The summed E-state index contributed by atoms with van der Waals surface area (Å²) in [7, 11) is 1.75. The number of nitrogens with zero attached hydrogens (tertiary/aromatic N) is 3. The predicted octanol–water partition coefficient (Wildman–Crippen LogP) is 3.87. The minimum absolute atomic E-state index is 0.267. The van der Waals surface area contributed by atoms with Crippen molar-refractivity contribution in [1.29, 1.82) is 0 Å². The van der Waals surface area contributed by atoms with Crippen LogP contribution in [0.4, 0.5) is 0 Å². The molecule has 1 aromatic carbocycles. The SMILES string of the molecule is COc1cc2c(cc1-c1nccn1[C@@H]1COC[C@@H]1Cc1ccncc1)CCC2. The Balaban J connectivity index is 1.49. The average Bonchev–Trinajstić information content (AvgIpc) is 3.47. The molecule has 0 bridgehead atoms. The molecule has 0 N–H and O–H groups in total. The molecule has 144 valence electrons. The summed E-state index contributed by atoms with van der Waals surface area (Å²) in [5, 5.41) is 0. The zero-order chi connectivity index (χ0) is 18.9. The van der Waals surface area contributed by atoms with E-state index < -0.39 is 0 Å². The first-order chi connectivity index (χ1) is 13.8. The van der Waals surface area contributed by atoms with Crippen LogP contribution < -0.4 is 4.74 Å². The molecule has 0 unspecified atom stereocenters. The van der Waals surface area contributed by atoms with E-state index in [4.69, 9.17) is 14.5 Å². The van der Waals surface area contributed by atoms with Gasteiger partial charge in [0.1, 0.15) is 11.6 Å². The molecule has 3 aromatic rings. The third-order valence-electron chi connectivity index (χ3n) is 6.09. The molecule has 0 saturated carbocycles. The van der Waals surface area contributed by atoms with E-state index >= 15 is 0 Å². The zero-order valence-electron chi connectivity index (χ0n) is 16.2. The molecule has 2 atom stereocenters. The molecule has 1 aliphatic carbocycles. The summed E-state index contributed by atoms with van der Waals surface area (Å²) in [6.45, 7) is 1.48. The fraction of sp³-hybridized carbons (Fsp3) is 0.391. The van der Waals surface area contributed by atoms with Crippen LogP contribution in [0, 0.1) is 5.92 Å². The Morgan fingerprint density at radius 2 is 1.93 bits per heavy atom. The lowest BCUT2D eigenvalue weighted by atomic mass is 9.95. The van der Waals surface area contributed by atoms with Gasteiger partial charge in [-0.2, -0.15) is 0 Å². The Morgan fingerprint density at radius 3 is 2.75 bits per heavy atom. The van der Waals surface area contributed by atoms with Gasteiger partial charge >= 0.3 is 0 Å². The summed E-state index contributed by atoms with van der Waals surface area (Å²) in [6.07, 6.45) is 12.2. The van der Waals surface area contributed by atoms with E-state index in [-0.39, 0.29) is 6.04 Å². The van der Waals surface area contributed by atoms with Crippen molar-refractivity contribution < 1.29 is 9.47 Å². The molecule has 5 nitrogen and oxygen atoms in total. The van der Waals surface area contributed by atoms with Gasteiger partial charge in [-0.3, -0.25) is 4.98 Å². The Kier molecular flexibility index (Phi) is 4.61. The van der Waals surface area contributed by atoms with Crippen molar-refractivity contribution in [2.45, 2.75) is 31.7 Å². The van der Waals surface area contributed by atoms with Gasteiger partial charge in [0.05, 0.1) is 31.9 Å². The molecular formula is C23H25N3O2. The van der Waals surface area contributed by atoms with Crippen molar-refractivity contribution in [1.82, 2.24) is 14.5 Å². The lowest BCUT2D eigenvalue weighted by Gasteiger charge is -2.22. The van der Waals surface area contributed by atoms with E-state index in [1.54, 1.807) is 7.11 Å². The molecule has 0 spiro atoms. The van der Waals surface area contributed by atoms with Crippen LogP contribution in [0.25, 0.3) is 11.4 Å². The summed E-state index contributed by atoms with van der Waals surface area (Å²) < 4.78 is 13.9. The number of pyridine rings is 1. The second-order valence-electron chi connectivity index (χ2n) is 7.76.